The SMILES string of the molecule is O=c1[nH]c(NCc2ccc(Cl)c(Cl)c2)nc2cnn(-c3ccccc3)c12. The Bertz CT molecular complexity index is 1140. The first-order valence-corrected chi connectivity index (χ1v) is 8.59. The summed E-state index contributed by atoms with van der Waals surface area (Å²) in [4.78, 5) is 19.7. The number of para-hydroxylation sites is 1. The van der Waals surface area contributed by atoms with E-state index in [0.717, 1.165) is 11.3 Å². The van der Waals surface area contributed by atoms with Gasteiger partial charge in [-0.25, -0.2) is 9.67 Å². The molecule has 0 radical (unpaired) electrons. The summed E-state index contributed by atoms with van der Waals surface area (Å²) in [6, 6.07) is 14.8. The van der Waals surface area contributed by atoms with Crippen molar-refractivity contribution in [1.82, 2.24) is 19.7 Å². The van der Waals surface area contributed by atoms with E-state index in [2.05, 4.69) is 20.4 Å². The minimum absolute atomic E-state index is 0.270. The largest absolute Gasteiger partial charge is 0.352 e. The molecule has 0 fully saturated rings. The topological polar surface area (TPSA) is 75.6 Å². The second-order valence-electron chi connectivity index (χ2n) is 5.64. The number of nitrogens with one attached hydrogen (secondary N) is 2. The minimum Gasteiger partial charge on any atom is -0.352 e. The predicted octanol–water partition coefficient (Wildman–Crippen LogP) is 4.03. The molecule has 0 amide bonds. The van der Waals surface area contributed by atoms with E-state index in [1.54, 1.807) is 23.0 Å². The molecule has 4 rings (SSSR count). The Kier molecular flexibility index (Phi) is 4.36. The van der Waals surface area contributed by atoms with Gasteiger partial charge in [0.05, 0.1) is 21.9 Å². The molecule has 0 saturated heterocycles. The second-order valence-corrected chi connectivity index (χ2v) is 6.46. The van der Waals surface area contributed by atoms with Gasteiger partial charge in [-0.15, -0.1) is 0 Å². The van der Waals surface area contributed by atoms with Gasteiger partial charge in [-0.1, -0.05) is 47.5 Å². The van der Waals surface area contributed by atoms with Crippen LogP contribution in [0.15, 0.2) is 59.5 Å². The molecule has 0 spiro atoms. The summed E-state index contributed by atoms with van der Waals surface area (Å²) in [5, 5.41) is 8.34. The molecule has 8 heteroatoms. The third-order valence-corrected chi connectivity index (χ3v) is 4.61. The van der Waals surface area contributed by atoms with Gasteiger partial charge in [-0.05, 0) is 29.8 Å². The summed E-state index contributed by atoms with van der Waals surface area (Å²) in [6.07, 6.45) is 1.57. The molecular formula is C18H13Cl2N5O. The molecule has 0 unspecified atom stereocenters. The van der Waals surface area contributed by atoms with Crippen LogP contribution in [0.4, 0.5) is 5.95 Å². The molecule has 0 bridgehead atoms. The van der Waals surface area contributed by atoms with E-state index in [0.29, 0.717) is 33.6 Å². The van der Waals surface area contributed by atoms with Gasteiger partial charge in [0.25, 0.3) is 5.56 Å². The molecular weight excluding hydrogens is 373 g/mol. The van der Waals surface area contributed by atoms with Crippen LogP contribution in [-0.2, 0) is 6.54 Å². The number of fused-ring (bicyclic) bond motifs is 1. The lowest BCUT2D eigenvalue weighted by Gasteiger charge is -2.07. The monoisotopic (exact) mass is 385 g/mol. The first kappa shape index (κ1) is 16.6. The van der Waals surface area contributed by atoms with Crippen LogP contribution in [0.3, 0.4) is 0 Å². The van der Waals surface area contributed by atoms with Crippen LogP contribution in [0.1, 0.15) is 5.56 Å². The van der Waals surface area contributed by atoms with Gasteiger partial charge < -0.3 is 5.32 Å². The second kappa shape index (κ2) is 6.82. The van der Waals surface area contributed by atoms with Crippen LogP contribution in [0.2, 0.25) is 10.0 Å². The van der Waals surface area contributed by atoms with Crippen LogP contribution in [-0.4, -0.2) is 19.7 Å². The normalized spacial score (nSPS) is 11.0. The van der Waals surface area contributed by atoms with Gasteiger partial charge >= 0.3 is 0 Å². The number of hydrogen-bond acceptors (Lipinski definition) is 4. The Hall–Kier alpha value is -2.83. The smallest absolute Gasteiger partial charge is 0.278 e. The summed E-state index contributed by atoms with van der Waals surface area (Å²) in [6.45, 7) is 0.443. The van der Waals surface area contributed by atoms with Crippen molar-refractivity contribution in [2.24, 2.45) is 0 Å². The zero-order valence-electron chi connectivity index (χ0n) is 13.4. The summed E-state index contributed by atoms with van der Waals surface area (Å²) in [7, 11) is 0. The molecule has 0 saturated carbocycles. The quantitative estimate of drug-likeness (QED) is 0.555. The highest BCUT2D eigenvalue weighted by molar-refractivity contribution is 6.42. The molecule has 0 aliphatic carbocycles. The van der Waals surface area contributed by atoms with E-state index < -0.39 is 0 Å². The van der Waals surface area contributed by atoms with Crippen molar-refractivity contribution in [3.8, 4) is 5.69 Å². The van der Waals surface area contributed by atoms with Crippen LogP contribution in [0.25, 0.3) is 16.7 Å². The van der Waals surface area contributed by atoms with Crippen molar-refractivity contribution in [1.29, 1.82) is 0 Å². The van der Waals surface area contributed by atoms with Gasteiger partial charge in [-0.3, -0.25) is 9.78 Å². The third kappa shape index (κ3) is 3.16. The number of hydrogen-bond donors (Lipinski definition) is 2. The molecule has 2 heterocycles. The zero-order chi connectivity index (χ0) is 18.1. The molecule has 0 atom stereocenters. The van der Waals surface area contributed by atoms with E-state index in [9.17, 15) is 4.79 Å². The fourth-order valence-corrected chi connectivity index (χ4v) is 2.95. The first-order valence-electron chi connectivity index (χ1n) is 7.83. The lowest BCUT2D eigenvalue weighted by Crippen LogP contribution is -2.15. The highest BCUT2D eigenvalue weighted by Crippen LogP contribution is 2.23. The van der Waals surface area contributed by atoms with Crippen LogP contribution >= 0.6 is 23.2 Å². The molecule has 4 aromatic rings. The van der Waals surface area contributed by atoms with Gasteiger partial charge in [0.1, 0.15) is 5.52 Å². The van der Waals surface area contributed by atoms with E-state index >= 15 is 0 Å². The summed E-state index contributed by atoms with van der Waals surface area (Å²) in [5.74, 6) is 0.362. The molecule has 2 aromatic heterocycles. The first-order chi connectivity index (χ1) is 12.6. The van der Waals surface area contributed by atoms with Gasteiger partial charge in [0.2, 0.25) is 5.95 Å². The predicted molar refractivity (Wildman–Crippen MR) is 103 cm³/mol. The number of rotatable bonds is 4. The van der Waals surface area contributed by atoms with Gasteiger partial charge in [-0.2, -0.15) is 5.10 Å². The maximum Gasteiger partial charge on any atom is 0.278 e. The van der Waals surface area contributed by atoms with Crippen molar-refractivity contribution in [3.05, 3.63) is 80.7 Å². The van der Waals surface area contributed by atoms with E-state index in [1.165, 1.54) is 0 Å². The van der Waals surface area contributed by atoms with Crippen molar-refractivity contribution < 1.29 is 0 Å². The number of halogens is 2. The van der Waals surface area contributed by atoms with Gasteiger partial charge in [0, 0.05) is 6.54 Å². The van der Waals surface area contributed by atoms with E-state index in [4.69, 9.17) is 23.2 Å². The third-order valence-electron chi connectivity index (χ3n) is 3.87. The molecule has 0 aliphatic rings. The van der Waals surface area contributed by atoms with Crippen molar-refractivity contribution in [2.75, 3.05) is 5.32 Å². The van der Waals surface area contributed by atoms with Crippen molar-refractivity contribution in [2.45, 2.75) is 6.54 Å². The number of aromatic nitrogens is 4. The van der Waals surface area contributed by atoms with Gasteiger partial charge in [0.15, 0.2) is 5.52 Å². The average Bonchev–Trinajstić information content (AvgIpc) is 3.08. The molecule has 26 heavy (non-hydrogen) atoms. The van der Waals surface area contributed by atoms with Crippen molar-refractivity contribution >= 4 is 40.2 Å². The highest BCUT2D eigenvalue weighted by Gasteiger charge is 2.11. The Balaban J connectivity index is 1.64. The summed E-state index contributed by atoms with van der Waals surface area (Å²) < 4.78 is 1.57. The lowest BCUT2D eigenvalue weighted by atomic mass is 10.2. The molecule has 6 nitrogen and oxygen atoms in total. The zero-order valence-corrected chi connectivity index (χ0v) is 14.9. The number of H-pyrrole nitrogens is 1. The minimum atomic E-state index is -0.270. The van der Waals surface area contributed by atoms with Crippen LogP contribution < -0.4 is 10.9 Å². The Labute approximate surface area is 158 Å². The fourth-order valence-electron chi connectivity index (χ4n) is 2.63. The number of anilines is 1. The maximum absolute atomic E-state index is 12.5. The standard InChI is InChI=1S/C18H13Cl2N5O/c19-13-7-6-11(8-14(13)20)9-21-18-23-15-10-22-25(16(15)17(26)24-18)12-4-2-1-3-5-12/h1-8,10H,9H2,(H2,21,23,24,26). The van der Waals surface area contributed by atoms with Crippen LogP contribution in [0, 0.1) is 0 Å². The summed E-state index contributed by atoms with van der Waals surface area (Å²) in [5.41, 5.74) is 2.35. The Morgan fingerprint density at radius 2 is 1.88 bits per heavy atom. The Morgan fingerprint density at radius 1 is 1.08 bits per heavy atom. The number of nitrogens with zero attached hydrogens (tertiary/aromatic N) is 3. The number of aromatic amines is 1. The molecule has 2 N–H and O–H groups in total. The fraction of sp³-hybridized carbons (Fsp3) is 0.0556. The van der Waals surface area contributed by atoms with Crippen molar-refractivity contribution in [3.63, 3.8) is 0 Å². The number of benzene rings is 2. The molecule has 0 aliphatic heterocycles. The van der Waals surface area contributed by atoms with Crippen LogP contribution in [0.5, 0.6) is 0 Å². The van der Waals surface area contributed by atoms with E-state index in [1.807, 2.05) is 36.4 Å². The van der Waals surface area contributed by atoms with E-state index in [-0.39, 0.29) is 5.56 Å². The molecule has 130 valence electrons. The summed E-state index contributed by atoms with van der Waals surface area (Å²) >= 11 is 11.9. The maximum atomic E-state index is 12.5. The molecule has 2 aromatic carbocycles. The lowest BCUT2D eigenvalue weighted by molar-refractivity contribution is 0.903. The average molecular weight is 386 g/mol. The highest BCUT2D eigenvalue weighted by atomic mass is 35.5. The Morgan fingerprint density at radius 3 is 2.65 bits per heavy atom.